The number of pyridine rings is 1. The molecule has 0 aliphatic rings. The van der Waals surface area contributed by atoms with Crippen LogP contribution in [0.4, 0.5) is 0 Å². The molecule has 4 heteroatoms. The Kier molecular flexibility index (Phi) is 4.56. The van der Waals surface area contributed by atoms with Crippen molar-refractivity contribution in [2.75, 3.05) is 6.61 Å². The topological polar surface area (TPSA) is 48.1 Å². The molecule has 0 amide bonds. The molecule has 0 saturated carbocycles. The van der Waals surface area contributed by atoms with E-state index in [1.807, 2.05) is 0 Å². The lowest BCUT2D eigenvalue weighted by Crippen LogP contribution is -2.11. The number of nitrogens with zero attached hydrogens (tertiary/aromatic N) is 1. The van der Waals surface area contributed by atoms with E-state index in [0.29, 0.717) is 24.1 Å². The molecule has 1 heterocycles. The van der Waals surface area contributed by atoms with E-state index in [1.165, 1.54) is 0 Å². The molecule has 0 atom stereocenters. The highest BCUT2D eigenvalue weighted by Gasteiger charge is 2.11. The lowest BCUT2D eigenvalue weighted by Gasteiger charge is -2.18. The number of halogens is 1. The molecule has 0 fully saturated rings. The Balaban J connectivity index is 2.55. The van der Waals surface area contributed by atoms with Gasteiger partial charge in [0.2, 0.25) is 5.88 Å². The normalized spacial score (nSPS) is 11.6. The van der Waals surface area contributed by atoms with Crippen LogP contribution in [0.25, 0.3) is 0 Å². The van der Waals surface area contributed by atoms with Crippen molar-refractivity contribution in [3.63, 3.8) is 0 Å². The Morgan fingerprint density at radius 1 is 1.44 bits per heavy atom. The van der Waals surface area contributed by atoms with E-state index in [-0.39, 0.29) is 5.41 Å². The van der Waals surface area contributed by atoms with Gasteiger partial charge in [-0.05, 0) is 23.5 Å². The first-order valence-corrected chi connectivity index (χ1v) is 5.77. The molecule has 3 nitrogen and oxygen atoms in total. The fourth-order valence-electron chi connectivity index (χ4n) is 1.14. The van der Waals surface area contributed by atoms with Crippen LogP contribution in [0.2, 0.25) is 5.02 Å². The van der Waals surface area contributed by atoms with Crippen LogP contribution in [0.15, 0.2) is 12.3 Å². The molecule has 16 heavy (non-hydrogen) atoms. The zero-order chi connectivity index (χ0) is 12.2. The number of aromatic nitrogens is 1. The fourth-order valence-corrected chi connectivity index (χ4v) is 1.38. The predicted molar refractivity (Wildman–Crippen MR) is 66.7 cm³/mol. The van der Waals surface area contributed by atoms with E-state index in [9.17, 15) is 0 Å². The molecule has 0 bridgehead atoms. The van der Waals surface area contributed by atoms with E-state index in [0.717, 1.165) is 12.0 Å². The average molecular weight is 243 g/mol. The van der Waals surface area contributed by atoms with Crippen molar-refractivity contribution in [2.24, 2.45) is 11.1 Å². The van der Waals surface area contributed by atoms with Gasteiger partial charge in [-0.15, -0.1) is 0 Å². The van der Waals surface area contributed by atoms with Crippen molar-refractivity contribution in [3.8, 4) is 5.88 Å². The number of hydrogen-bond donors (Lipinski definition) is 1. The molecular formula is C12H19ClN2O. The van der Waals surface area contributed by atoms with Crippen molar-refractivity contribution in [1.82, 2.24) is 4.98 Å². The molecular weight excluding hydrogens is 224 g/mol. The summed E-state index contributed by atoms with van der Waals surface area (Å²) >= 11 is 6.02. The smallest absolute Gasteiger partial charge is 0.232 e. The summed E-state index contributed by atoms with van der Waals surface area (Å²) in [7, 11) is 0. The van der Waals surface area contributed by atoms with E-state index < -0.39 is 0 Å². The number of rotatable bonds is 4. The predicted octanol–water partition coefficient (Wildman–Crippen LogP) is 3.01. The average Bonchev–Trinajstić information content (AvgIpc) is 2.18. The van der Waals surface area contributed by atoms with Crippen molar-refractivity contribution in [3.05, 3.63) is 22.8 Å². The Hall–Kier alpha value is -0.800. The first-order valence-electron chi connectivity index (χ1n) is 5.39. The van der Waals surface area contributed by atoms with Gasteiger partial charge in [-0.1, -0.05) is 32.4 Å². The third-order valence-electron chi connectivity index (χ3n) is 2.19. The lowest BCUT2D eigenvalue weighted by atomic mass is 9.93. The number of ether oxygens (including phenoxy) is 1. The molecule has 0 spiro atoms. The summed E-state index contributed by atoms with van der Waals surface area (Å²) < 4.78 is 5.53. The van der Waals surface area contributed by atoms with Crippen LogP contribution in [-0.4, -0.2) is 11.6 Å². The minimum Gasteiger partial charge on any atom is -0.477 e. The summed E-state index contributed by atoms with van der Waals surface area (Å²) in [5, 5.41) is 0.525. The summed E-state index contributed by atoms with van der Waals surface area (Å²) in [4.78, 5) is 4.13. The van der Waals surface area contributed by atoms with Crippen molar-refractivity contribution >= 4 is 11.6 Å². The monoisotopic (exact) mass is 242 g/mol. The van der Waals surface area contributed by atoms with Gasteiger partial charge in [0.15, 0.2) is 0 Å². The van der Waals surface area contributed by atoms with Gasteiger partial charge < -0.3 is 10.5 Å². The van der Waals surface area contributed by atoms with Gasteiger partial charge in [0, 0.05) is 12.7 Å². The zero-order valence-corrected chi connectivity index (χ0v) is 10.8. The van der Waals surface area contributed by atoms with E-state index in [4.69, 9.17) is 22.1 Å². The SMILES string of the molecule is CC(C)(C)CCOc1ncc(CN)cc1Cl. The van der Waals surface area contributed by atoms with Gasteiger partial charge in [-0.25, -0.2) is 4.98 Å². The van der Waals surface area contributed by atoms with Crippen LogP contribution < -0.4 is 10.5 Å². The quantitative estimate of drug-likeness (QED) is 0.883. The third kappa shape index (κ3) is 4.37. The second-order valence-electron chi connectivity index (χ2n) is 4.99. The molecule has 0 aliphatic carbocycles. The second kappa shape index (κ2) is 5.51. The van der Waals surface area contributed by atoms with Gasteiger partial charge in [0.25, 0.3) is 0 Å². The van der Waals surface area contributed by atoms with Crippen molar-refractivity contribution in [2.45, 2.75) is 33.7 Å². The highest BCUT2D eigenvalue weighted by molar-refractivity contribution is 6.31. The van der Waals surface area contributed by atoms with Crippen molar-refractivity contribution < 1.29 is 4.74 Å². The molecule has 0 aliphatic heterocycles. The maximum atomic E-state index is 6.02. The summed E-state index contributed by atoms with van der Waals surface area (Å²) in [5.41, 5.74) is 6.65. The molecule has 90 valence electrons. The fraction of sp³-hybridized carbons (Fsp3) is 0.583. The molecule has 0 saturated heterocycles. The third-order valence-corrected chi connectivity index (χ3v) is 2.46. The molecule has 0 aromatic carbocycles. The highest BCUT2D eigenvalue weighted by atomic mass is 35.5. The molecule has 1 rings (SSSR count). The first kappa shape index (κ1) is 13.3. The second-order valence-corrected chi connectivity index (χ2v) is 5.40. The number of hydrogen-bond acceptors (Lipinski definition) is 3. The highest BCUT2D eigenvalue weighted by Crippen LogP contribution is 2.24. The maximum absolute atomic E-state index is 6.02. The van der Waals surface area contributed by atoms with Gasteiger partial charge in [-0.3, -0.25) is 0 Å². The minimum atomic E-state index is 0.254. The van der Waals surface area contributed by atoms with Gasteiger partial charge in [0.1, 0.15) is 5.02 Å². The number of nitrogens with two attached hydrogens (primary N) is 1. The summed E-state index contributed by atoms with van der Waals surface area (Å²) in [5.74, 6) is 0.489. The summed E-state index contributed by atoms with van der Waals surface area (Å²) in [6.45, 7) is 7.57. The summed E-state index contributed by atoms with van der Waals surface area (Å²) in [6.07, 6.45) is 2.65. The van der Waals surface area contributed by atoms with Crippen molar-refractivity contribution in [1.29, 1.82) is 0 Å². The Morgan fingerprint density at radius 2 is 2.12 bits per heavy atom. The first-order chi connectivity index (χ1) is 7.42. The van der Waals surface area contributed by atoms with Crippen LogP contribution in [0.5, 0.6) is 5.88 Å². The largest absolute Gasteiger partial charge is 0.477 e. The molecule has 1 aromatic heterocycles. The molecule has 0 unspecified atom stereocenters. The van der Waals surface area contributed by atoms with Crippen LogP contribution >= 0.6 is 11.6 Å². The zero-order valence-electron chi connectivity index (χ0n) is 10.1. The summed E-state index contributed by atoms with van der Waals surface area (Å²) in [6, 6.07) is 1.79. The molecule has 2 N–H and O–H groups in total. The minimum absolute atomic E-state index is 0.254. The van der Waals surface area contributed by atoms with Gasteiger partial charge in [0.05, 0.1) is 6.61 Å². The van der Waals surface area contributed by atoms with E-state index in [1.54, 1.807) is 12.3 Å². The Labute approximate surface area is 102 Å². The van der Waals surface area contributed by atoms with Crippen LogP contribution in [0.3, 0.4) is 0 Å². The standard InChI is InChI=1S/C12H19ClN2O/c1-12(2,3)4-5-16-11-10(13)6-9(7-14)8-15-11/h6,8H,4-5,7,14H2,1-3H3. The molecule has 1 aromatic rings. The maximum Gasteiger partial charge on any atom is 0.232 e. The van der Waals surface area contributed by atoms with E-state index >= 15 is 0 Å². The van der Waals surface area contributed by atoms with Crippen LogP contribution in [-0.2, 0) is 6.54 Å². The van der Waals surface area contributed by atoms with Gasteiger partial charge >= 0.3 is 0 Å². The Bertz CT molecular complexity index is 347. The van der Waals surface area contributed by atoms with Crippen LogP contribution in [0, 0.1) is 5.41 Å². The van der Waals surface area contributed by atoms with Gasteiger partial charge in [-0.2, -0.15) is 0 Å². The molecule has 0 radical (unpaired) electrons. The van der Waals surface area contributed by atoms with Crippen LogP contribution in [0.1, 0.15) is 32.8 Å². The Morgan fingerprint density at radius 3 is 2.62 bits per heavy atom. The lowest BCUT2D eigenvalue weighted by molar-refractivity contribution is 0.236. The van der Waals surface area contributed by atoms with E-state index in [2.05, 4.69) is 25.8 Å².